The summed E-state index contributed by atoms with van der Waals surface area (Å²) in [4.78, 5) is 15.3. The molecule has 0 heterocycles. The Morgan fingerprint density at radius 1 is 1.07 bits per heavy atom. The third kappa shape index (κ3) is 4.23. The van der Waals surface area contributed by atoms with Gasteiger partial charge in [-0.25, -0.2) is 13.1 Å². The first-order chi connectivity index (χ1) is 13.9. The van der Waals surface area contributed by atoms with E-state index >= 15 is 0 Å². The molecule has 2 aliphatic carbocycles. The van der Waals surface area contributed by atoms with Crippen molar-refractivity contribution in [3.8, 4) is 0 Å². The summed E-state index contributed by atoms with van der Waals surface area (Å²) in [6.45, 7) is 3.96. The van der Waals surface area contributed by atoms with Gasteiger partial charge in [0, 0.05) is 19.0 Å². The Hall–Kier alpha value is -2.18. The number of carbonyl (C=O) groups excluding carboxylic acids is 1. The van der Waals surface area contributed by atoms with Crippen LogP contribution in [0, 0.1) is 13.8 Å². The summed E-state index contributed by atoms with van der Waals surface area (Å²) in [7, 11) is -3.61. The van der Waals surface area contributed by atoms with E-state index < -0.39 is 10.0 Å². The van der Waals surface area contributed by atoms with Crippen molar-refractivity contribution in [1.29, 1.82) is 0 Å². The molecule has 0 aromatic heterocycles. The maximum Gasteiger partial charge on any atom is 0.240 e. The highest BCUT2D eigenvalue weighted by molar-refractivity contribution is 7.89. The predicted molar refractivity (Wildman–Crippen MR) is 113 cm³/mol. The summed E-state index contributed by atoms with van der Waals surface area (Å²) in [5.41, 5.74) is 4.56. The summed E-state index contributed by atoms with van der Waals surface area (Å²) in [5.74, 6) is 0.0389. The second-order valence-corrected chi connectivity index (χ2v) is 9.95. The summed E-state index contributed by atoms with van der Waals surface area (Å²) in [6.07, 6.45) is 4.21. The van der Waals surface area contributed by atoms with E-state index in [1.54, 1.807) is 18.2 Å². The van der Waals surface area contributed by atoms with Crippen LogP contribution in [0.25, 0.3) is 0 Å². The number of nitrogens with zero attached hydrogens (tertiary/aromatic N) is 1. The van der Waals surface area contributed by atoms with Gasteiger partial charge in [0.25, 0.3) is 0 Å². The molecule has 0 spiro atoms. The normalized spacial score (nSPS) is 18.5. The smallest absolute Gasteiger partial charge is 0.240 e. The van der Waals surface area contributed by atoms with E-state index in [0.29, 0.717) is 6.04 Å². The number of carbonyl (C=O) groups is 1. The lowest BCUT2D eigenvalue weighted by Gasteiger charge is -2.30. The monoisotopic (exact) mass is 412 g/mol. The molecule has 6 heteroatoms. The van der Waals surface area contributed by atoms with Crippen molar-refractivity contribution in [1.82, 2.24) is 9.62 Å². The van der Waals surface area contributed by atoms with Crippen LogP contribution in [-0.4, -0.2) is 31.8 Å². The standard InChI is InChI=1S/C23H28N2O3S/c1-16-7-11-20(15-17(16)2)29(27,28)24-14-13-23(26)25(19-9-10-19)22-12-8-18-5-3-4-6-21(18)22/h3-7,11,15,19,22,24H,8-10,12-14H2,1-2H3. The van der Waals surface area contributed by atoms with E-state index in [9.17, 15) is 13.2 Å². The minimum absolute atomic E-state index is 0.0389. The number of amides is 1. The second kappa shape index (κ2) is 7.92. The minimum atomic E-state index is -3.61. The molecule has 1 amide bonds. The molecule has 0 aliphatic heterocycles. The zero-order valence-electron chi connectivity index (χ0n) is 17.0. The zero-order chi connectivity index (χ0) is 20.6. The van der Waals surface area contributed by atoms with Gasteiger partial charge in [0.2, 0.25) is 15.9 Å². The topological polar surface area (TPSA) is 66.5 Å². The number of sulfonamides is 1. The van der Waals surface area contributed by atoms with E-state index in [0.717, 1.165) is 36.8 Å². The van der Waals surface area contributed by atoms with Crippen molar-refractivity contribution in [3.05, 3.63) is 64.7 Å². The number of hydrogen-bond acceptors (Lipinski definition) is 3. The fraction of sp³-hybridized carbons (Fsp3) is 0.435. The molecule has 0 bridgehead atoms. The van der Waals surface area contributed by atoms with Crippen LogP contribution in [0.4, 0.5) is 0 Å². The van der Waals surface area contributed by atoms with Crippen LogP contribution < -0.4 is 4.72 Å². The third-order valence-electron chi connectivity index (χ3n) is 6.08. The van der Waals surface area contributed by atoms with Gasteiger partial charge in [-0.05, 0) is 73.9 Å². The Morgan fingerprint density at radius 3 is 2.55 bits per heavy atom. The van der Waals surface area contributed by atoms with Gasteiger partial charge in [-0.3, -0.25) is 4.79 Å². The summed E-state index contributed by atoms with van der Waals surface area (Å²) < 4.78 is 27.8. The first-order valence-electron chi connectivity index (χ1n) is 10.3. The Labute approximate surface area is 173 Å². The number of nitrogens with one attached hydrogen (secondary N) is 1. The first-order valence-corrected chi connectivity index (χ1v) is 11.8. The Balaban J connectivity index is 1.41. The van der Waals surface area contributed by atoms with Gasteiger partial charge in [0.15, 0.2) is 0 Å². The average Bonchev–Trinajstić information content (AvgIpc) is 3.43. The van der Waals surface area contributed by atoms with Crippen LogP contribution in [0.3, 0.4) is 0 Å². The quantitative estimate of drug-likeness (QED) is 0.755. The molecule has 154 valence electrons. The van der Waals surface area contributed by atoms with Crippen LogP contribution in [0.5, 0.6) is 0 Å². The van der Waals surface area contributed by atoms with Crippen molar-refractivity contribution in [2.45, 2.75) is 62.9 Å². The van der Waals surface area contributed by atoms with Crippen LogP contribution >= 0.6 is 0 Å². The SMILES string of the molecule is Cc1ccc(S(=O)(=O)NCCC(=O)N(C2CC2)C2CCc3ccccc32)cc1C. The Bertz CT molecular complexity index is 1030. The van der Waals surface area contributed by atoms with Gasteiger partial charge in [-0.15, -0.1) is 0 Å². The Morgan fingerprint density at radius 2 is 1.83 bits per heavy atom. The van der Waals surface area contributed by atoms with Gasteiger partial charge in [-0.1, -0.05) is 30.3 Å². The number of fused-ring (bicyclic) bond motifs is 1. The maximum absolute atomic E-state index is 13.0. The number of hydrogen-bond donors (Lipinski definition) is 1. The van der Waals surface area contributed by atoms with Crippen LogP contribution in [-0.2, 0) is 21.2 Å². The molecule has 1 fully saturated rings. The lowest BCUT2D eigenvalue weighted by Crippen LogP contribution is -2.38. The van der Waals surface area contributed by atoms with Gasteiger partial charge < -0.3 is 4.90 Å². The van der Waals surface area contributed by atoms with Gasteiger partial charge in [0.05, 0.1) is 10.9 Å². The highest BCUT2D eigenvalue weighted by Crippen LogP contribution is 2.42. The highest BCUT2D eigenvalue weighted by Gasteiger charge is 2.40. The largest absolute Gasteiger partial charge is 0.333 e. The molecule has 1 N–H and O–H groups in total. The van der Waals surface area contributed by atoms with E-state index in [4.69, 9.17) is 0 Å². The predicted octanol–water partition coefficient (Wildman–Crippen LogP) is 3.65. The second-order valence-electron chi connectivity index (χ2n) is 8.18. The number of benzene rings is 2. The van der Waals surface area contributed by atoms with E-state index in [1.165, 1.54) is 11.1 Å². The molecule has 4 rings (SSSR count). The molecule has 1 atom stereocenters. The highest BCUT2D eigenvalue weighted by atomic mass is 32.2. The average molecular weight is 413 g/mol. The molecule has 29 heavy (non-hydrogen) atoms. The van der Waals surface area contributed by atoms with E-state index in [-0.39, 0.29) is 29.8 Å². The lowest BCUT2D eigenvalue weighted by atomic mass is 10.1. The van der Waals surface area contributed by atoms with Crippen molar-refractivity contribution in [2.24, 2.45) is 0 Å². The molecule has 2 aromatic carbocycles. The third-order valence-corrected chi connectivity index (χ3v) is 7.54. The molecule has 1 unspecified atom stereocenters. The maximum atomic E-state index is 13.0. The van der Waals surface area contributed by atoms with Crippen LogP contribution in [0.15, 0.2) is 47.4 Å². The van der Waals surface area contributed by atoms with E-state index in [2.05, 4.69) is 16.9 Å². The van der Waals surface area contributed by atoms with Crippen LogP contribution in [0.1, 0.15) is 54.0 Å². The minimum Gasteiger partial charge on any atom is -0.333 e. The first kappa shape index (κ1) is 20.1. The molecular weight excluding hydrogens is 384 g/mol. The number of aryl methyl sites for hydroxylation is 3. The van der Waals surface area contributed by atoms with E-state index in [1.807, 2.05) is 30.9 Å². The fourth-order valence-electron chi connectivity index (χ4n) is 4.19. The molecule has 0 radical (unpaired) electrons. The van der Waals surface area contributed by atoms with Gasteiger partial charge >= 0.3 is 0 Å². The molecule has 5 nitrogen and oxygen atoms in total. The van der Waals surface area contributed by atoms with Gasteiger partial charge in [-0.2, -0.15) is 0 Å². The van der Waals surface area contributed by atoms with Crippen molar-refractivity contribution in [3.63, 3.8) is 0 Å². The molecular formula is C23H28N2O3S. The summed E-state index contributed by atoms with van der Waals surface area (Å²) in [5, 5.41) is 0. The molecule has 2 aromatic rings. The van der Waals surface area contributed by atoms with Crippen molar-refractivity contribution >= 4 is 15.9 Å². The van der Waals surface area contributed by atoms with Crippen molar-refractivity contribution in [2.75, 3.05) is 6.54 Å². The van der Waals surface area contributed by atoms with Crippen molar-refractivity contribution < 1.29 is 13.2 Å². The number of rotatable bonds is 7. The zero-order valence-corrected chi connectivity index (χ0v) is 17.8. The fourth-order valence-corrected chi connectivity index (χ4v) is 5.31. The summed E-state index contributed by atoms with van der Waals surface area (Å²) in [6, 6.07) is 13.9. The summed E-state index contributed by atoms with van der Waals surface area (Å²) >= 11 is 0. The molecule has 0 saturated heterocycles. The molecule has 1 saturated carbocycles. The lowest BCUT2D eigenvalue weighted by molar-refractivity contribution is -0.134. The Kier molecular flexibility index (Phi) is 5.49. The molecule has 2 aliphatic rings. The van der Waals surface area contributed by atoms with Crippen LogP contribution in [0.2, 0.25) is 0 Å². The van der Waals surface area contributed by atoms with Gasteiger partial charge in [0.1, 0.15) is 0 Å².